The van der Waals surface area contributed by atoms with E-state index in [0.29, 0.717) is 68.9 Å². The van der Waals surface area contributed by atoms with E-state index in [4.69, 9.17) is 14.2 Å². The Bertz CT molecular complexity index is 1310. The van der Waals surface area contributed by atoms with Gasteiger partial charge in [-0.2, -0.15) is 9.97 Å². The Labute approximate surface area is 237 Å². The fourth-order valence-electron chi connectivity index (χ4n) is 5.25. The van der Waals surface area contributed by atoms with Gasteiger partial charge in [-0.15, -0.1) is 0 Å². The molecule has 1 N–H and O–H groups in total. The van der Waals surface area contributed by atoms with Gasteiger partial charge in [-0.05, 0) is 44.9 Å². The maximum Gasteiger partial charge on any atom is 0.296 e. The molecular weight excluding hydrogens is 536 g/mol. The zero-order valence-electron chi connectivity index (χ0n) is 23.5. The zero-order valence-corrected chi connectivity index (χ0v) is 23.5. The average Bonchev–Trinajstić information content (AvgIpc) is 3.38. The summed E-state index contributed by atoms with van der Waals surface area (Å²) in [6.07, 6.45) is 0.0862. The number of morpholine rings is 1. The number of methoxy groups -OCH3 is 1. The number of alkyl halides is 2. The number of halogens is 2. The van der Waals surface area contributed by atoms with Crippen LogP contribution in [0.5, 0.6) is 5.88 Å². The lowest BCUT2D eigenvalue weighted by Crippen LogP contribution is -2.44. The molecule has 3 heterocycles. The third kappa shape index (κ3) is 7.27. The molecule has 222 valence electrons. The topological polar surface area (TPSA) is 107 Å². The summed E-state index contributed by atoms with van der Waals surface area (Å²) in [6, 6.07) is 8.68. The summed E-state index contributed by atoms with van der Waals surface area (Å²) in [6.45, 7) is 3.80. The number of ether oxygens (including phenoxy) is 3. The molecule has 0 unspecified atom stereocenters. The SMILES string of the molecule is COCCN(C)CC(=O)N[C@H]1CC[C@H](Oc2cc(-n3c(C(F)F)nc4ccccc43)nc(N3CCOCC3)n2)CC1. The minimum atomic E-state index is -2.79. The Morgan fingerprint density at radius 2 is 1.90 bits per heavy atom. The molecule has 41 heavy (non-hydrogen) atoms. The number of rotatable bonds is 11. The minimum absolute atomic E-state index is 0.00837. The van der Waals surface area contributed by atoms with Gasteiger partial charge >= 0.3 is 0 Å². The molecule has 13 heteroatoms. The van der Waals surface area contributed by atoms with Crippen LogP contribution in [0.1, 0.15) is 37.9 Å². The molecule has 11 nitrogen and oxygen atoms in total. The molecule has 0 atom stereocenters. The second-order valence-electron chi connectivity index (χ2n) is 10.4. The summed E-state index contributed by atoms with van der Waals surface area (Å²) in [4.78, 5) is 29.9. The lowest BCUT2D eigenvalue weighted by atomic mass is 9.93. The van der Waals surface area contributed by atoms with Crippen molar-refractivity contribution in [3.63, 3.8) is 0 Å². The van der Waals surface area contributed by atoms with Crippen LogP contribution >= 0.6 is 0 Å². The maximum absolute atomic E-state index is 14.1. The van der Waals surface area contributed by atoms with Crippen molar-refractivity contribution < 1.29 is 27.8 Å². The lowest BCUT2D eigenvalue weighted by Gasteiger charge is -2.30. The second-order valence-corrected chi connectivity index (χ2v) is 10.4. The summed E-state index contributed by atoms with van der Waals surface area (Å²) in [5.74, 6) is 0.608. The van der Waals surface area contributed by atoms with Crippen molar-refractivity contribution in [2.24, 2.45) is 0 Å². The number of nitrogens with zero attached hydrogens (tertiary/aromatic N) is 6. The number of carbonyl (C=O) groups excluding carboxylic acids is 1. The number of aromatic nitrogens is 4. The van der Waals surface area contributed by atoms with Gasteiger partial charge in [-0.3, -0.25) is 14.3 Å². The molecule has 2 fully saturated rings. The molecule has 1 saturated carbocycles. The summed E-state index contributed by atoms with van der Waals surface area (Å²) in [7, 11) is 3.53. The Morgan fingerprint density at radius 1 is 1.15 bits per heavy atom. The molecule has 1 aliphatic heterocycles. The number of amides is 1. The van der Waals surface area contributed by atoms with Crippen LogP contribution in [0.2, 0.25) is 0 Å². The number of carbonyl (C=O) groups is 1. The third-order valence-corrected chi connectivity index (χ3v) is 7.40. The number of anilines is 1. The molecule has 0 radical (unpaired) electrons. The first-order valence-corrected chi connectivity index (χ1v) is 14.0. The summed E-state index contributed by atoms with van der Waals surface area (Å²) in [5.41, 5.74) is 0.992. The van der Waals surface area contributed by atoms with Crippen molar-refractivity contribution >= 4 is 22.9 Å². The Balaban J connectivity index is 1.32. The molecule has 1 saturated heterocycles. The van der Waals surface area contributed by atoms with Crippen LogP contribution in [0.25, 0.3) is 16.9 Å². The predicted molar refractivity (Wildman–Crippen MR) is 149 cm³/mol. The molecule has 0 bridgehead atoms. The predicted octanol–water partition coefficient (Wildman–Crippen LogP) is 2.97. The van der Waals surface area contributed by atoms with Crippen LogP contribution in [0.3, 0.4) is 0 Å². The van der Waals surface area contributed by atoms with Gasteiger partial charge in [0.25, 0.3) is 6.43 Å². The van der Waals surface area contributed by atoms with Crippen molar-refractivity contribution in [2.75, 3.05) is 65.1 Å². The van der Waals surface area contributed by atoms with Crippen molar-refractivity contribution in [2.45, 2.75) is 44.3 Å². The van der Waals surface area contributed by atoms with Gasteiger partial charge in [0.1, 0.15) is 11.9 Å². The monoisotopic (exact) mass is 573 g/mol. The van der Waals surface area contributed by atoms with Crippen LogP contribution in [0.4, 0.5) is 14.7 Å². The van der Waals surface area contributed by atoms with Crippen LogP contribution in [-0.4, -0.2) is 103 Å². The van der Waals surface area contributed by atoms with E-state index in [1.54, 1.807) is 37.4 Å². The molecule has 1 aromatic carbocycles. The Kier molecular flexibility index (Phi) is 9.57. The van der Waals surface area contributed by atoms with E-state index >= 15 is 0 Å². The number of likely N-dealkylation sites (N-methyl/N-ethyl adjacent to an activating group) is 1. The third-order valence-electron chi connectivity index (χ3n) is 7.40. The fourth-order valence-corrected chi connectivity index (χ4v) is 5.25. The standard InChI is InChI=1S/C28H37F2N7O4/c1-35(11-14-39-2)18-24(38)31-19-7-9-20(10-8-19)41-25-17-23(33-28(34-25)36-12-15-40-16-13-36)37-22-6-4-3-5-21(22)32-27(37)26(29)30/h3-6,17,19-20,26H,7-16,18H2,1-2H3,(H,31,38)/t19-,20-. The van der Waals surface area contributed by atoms with Gasteiger partial charge in [0.15, 0.2) is 5.82 Å². The second kappa shape index (κ2) is 13.5. The number of hydrogen-bond donors (Lipinski definition) is 1. The zero-order chi connectivity index (χ0) is 28.8. The van der Waals surface area contributed by atoms with Gasteiger partial charge in [0.05, 0.1) is 37.4 Å². The normalized spacial score (nSPS) is 19.7. The number of benzene rings is 1. The van der Waals surface area contributed by atoms with Crippen LogP contribution < -0.4 is 15.0 Å². The molecule has 1 aliphatic carbocycles. The number of imidazole rings is 1. The smallest absolute Gasteiger partial charge is 0.296 e. The lowest BCUT2D eigenvalue weighted by molar-refractivity contribution is -0.123. The minimum Gasteiger partial charge on any atom is -0.474 e. The molecular formula is C28H37F2N7O4. The van der Waals surface area contributed by atoms with E-state index in [-0.39, 0.29) is 29.7 Å². The van der Waals surface area contributed by atoms with Crippen LogP contribution in [0.15, 0.2) is 30.3 Å². The van der Waals surface area contributed by atoms with E-state index in [0.717, 1.165) is 25.7 Å². The fraction of sp³-hybridized carbons (Fsp3) is 0.571. The Hall–Kier alpha value is -3.42. The molecule has 0 spiro atoms. The Morgan fingerprint density at radius 3 is 2.63 bits per heavy atom. The van der Waals surface area contributed by atoms with Gasteiger partial charge < -0.3 is 24.4 Å². The van der Waals surface area contributed by atoms with Crippen molar-refractivity contribution in [1.82, 2.24) is 29.7 Å². The number of nitrogens with one attached hydrogen (secondary N) is 1. The summed E-state index contributed by atoms with van der Waals surface area (Å²) in [5, 5.41) is 3.12. The van der Waals surface area contributed by atoms with E-state index in [1.165, 1.54) is 4.57 Å². The van der Waals surface area contributed by atoms with Gasteiger partial charge in [0, 0.05) is 38.9 Å². The van der Waals surface area contributed by atoms with Gasteiger partial charge in [-0.1, -0.05) is 12.1 Å². The maximum atomic E-state index is 14.1. The van der Waals surface area contributed by atoms with Crippen LogP contribution in [-0.2, 0) is 14.3 Å². The molecule has 3 aromatic rings. The van der Waals surface area contributed by atoms with Crippen molar-refractivity contribution in [3.8, 4) is 11.7 Å². The number of fused-ring (bicyclic) bond motifs is 1. The van der Waals surface area contributed by atoms with E-state index in [2.05, 4.69) is 20.3 Å². The first-order chi connectivity index (χ1) is 19.9. The van der Waals surface area contributed by atoms with Gasteiger partial charge in [0.2, 0.25) is 17.7 Å². The molecule has 2 aliphatic rings. The van der Waals surface area contributed by atoms with E-state index in [9.17, 15) is 13.6 Å². The average molecular weight is 574 g/mol. The highest BCUT2D eigenvalue weighted by molar-refractivity contribution is 5.78. The quantitative estimate of drug-likeness (QED) is 0.371. The number of hydrogen-bond acceptors (Lipinski definition) is 9. The number of para-hydroxylation sites is 2. The van der Waals surface area contributed by atoms with Gasteiger partial charge in [-0.25, -0.2) is 13.8 Å². The molecule has 2 aromatic heterocycles. The van der Waals surface area contributed by atoms with E-state index < -0.39 is 6.43 Å². The highest BCUT2D eigenvalue weighted by atomic mass is 19.3. The summed E-state index contributed by atoms with van der Waals surface area (Å²) < 4.78 is 46.5. The summed E-state index contributed by atoms with van der Waals surface area (Å²) >= 11 is 0. The van der Waals surface area contributed by atoms with Crippen LogP contribution in [0, 0.1) is 0 Å². The van der Waals surface area contributed by atoms with Crippen molar-refractivity contribution in [1.29, 1.82) is 0 Å². The first kappa shape index (κ1) is 29.1. The highest BCUT2D eigenvalue weighted by Gasteiger charge is 2.27. The van der Waals surface area contributed by atoms with E-state index in [1.807, 2.05) is 16.8 Å². The largest absolute Gasteiger partial charge is 0.474 e. The highest BCUT2D eigenvalue weighted by Crippen LogP contribution is 2.31. The molecule has 5 rings (SSSR count). The van der Waals surface area contributed by atoms with Crippen molar-refractivity contribution in [3.05, 3.63) is 36.2 Å². The molecule has 1 amide bonds. The first-order valence-electron chi connectivity index (χ1n) is 14.0.